The van der Waals surface area contributed by atoms with Crippen molar-refractivity contribution in [3.05, 3.63) is 0 Å². The molecule has 4 amide bonds. The van der Waals surface area contributed by atoms with E-state index in [-0.39, 0.29) is 48.4 Å². The van der Waals surface area contributed by atoms with E-state index in [9.17, 15) is 19.2 Å². The van der Waals surface area contributed by atoms with Crippen LogP contribution in [0.5, 0.6) is 0 Å². The molecule has 7 nitrogen and oxygen atoms in total. The van der Waals surface area contributed by atoms with E-state index in [1.807, 2.05) is 0 Å². The number of nitrogens with one attached hydrogen (secondary N) is 2. The number of hydrogen-bond acceptors (Lipinski definition) is 4. The molecular formula is C16H25N3O4. The van der Waals surface area contributed by atoms with Gasteiger partial charge in [-0.3, -0.25) is 24.1 Å². The van der Waals surface area contributed by atoms with Crippen LogP contribution in [0.1, 0.15) is 46.0 Å². The normalized spacial score (nSPS) is 25.0. The minimum atomic E-state index is -0.630. The largest absolute Gasteiger partial charge is 0.355 e. The maximum absolute atomic E-state index is 12.3. The number of amides is 4. The summed E-state index contributed by atoms with van der Waals surface area (Å²) in [6.07, 6.45) is 3.54. The lowest BCUT2D eigenvalue weighted by molar-refractivity contribution is -0.140. The number of carbonyl (C=O) groups is 4. The Labute approximate surface area is 136 Å². The van der Waals surface area contributed by atoms with Crippen LogP contribution in [-0.2, 0) is 19.2 Å². The predicted octanol–water partition coefficient (Wildman–Crippen LogP) is 0.192. The Morgan fingerprint density at radius 3 is 2.26 bits per heavy atom. The van der Waals surface area contributed by atoms with E-state index in [2.05, 4.69) is 10.6 Å². The molecule has 1 saturated heterocycles. The van der Waals surface area contributed by atoms with Crippen molar-refractivity contribution < 1.29 is 19.2 Å². The zero-order valence-corrected chi connectivity index (χ0v) is 13.8. The Bertz CT molecular complexity index is 482. The fourth-order valence-corrected chi connectivity index (χ4v) is 3.37. The van der Waals surface area contributed by atoms with Gasteiger partial charge in [0.05, 0.1) is 11.8 Å². The van der Waals surface area contributed by atoms with Gasteiger partial charge in [0.2, 0.25) is 23.6 Å². The maximum atomic E-state index is 12.3. The van der Waals surface area contributed by atoms with Crippen molar-refractivity contribution in [3.8, 4) is 0 Å². The van der Waals surface area contributed by atoms with Gasteiger partial charge in [-0.05, 0) is 26.7 Å². The Balaban J connectivity index is 1.83. The summed E-state index contributed by atoms with van der Waals surface area (Å²) in [7, 11) is 0. The first kappa shape index (κ1) is 17.4. The van der Waals surface area contributed by atoms with Crippen molar-refractivity contribution >= 4 is 23.6 Å². The number of likely N-dealkylation sites (N-methyl/N-ethyl adjacent to an activating group) is 1. The maximum Gasteiger partial charge on any atom is 0.242 e. The predicted molar refractivity (Wildman–Crippen MR) is 83.1 cm³/mol. The van der Waals surface area contributed by atoms with Crippen molar-refractivity contribution in [2.24, 2.45) is 11.8 Å². The number of rotatable bonds is 6. The van der Waals surface area contributed by atoms with Crippen LogP contribution in [0.3, 0.4) is 0 Å². The molecule has 0 spiro atoms. The van der Waals surface area contributed by atoms with Gasteiger partial charge in [-0.15, -0.1) is 0 Å². The first-order valence-corrected chi connectivity index (χ1v) is 8.38. The zero-order chi connectivity index (χ0) is 17.0. The van der Waals surface area contributed by atoms with Crippen LogP contribution in [0.2, 0.25) is 0 Å². The molecule has 0 unspecified atom stereocenters. The van der Waals surface area contributed by atoms with Crippen LogP contribution < -0.4 is 10.6 Å². The van der Waals surface area contributed by atoms with Crippen molar-refractivity contribution in [2.75, 3.05) is 13.1 Å². The second-order valence-corrected chi connectivity index (χ2v) is 6.26. The first-order valence-electron chi connectivity index (χ1n) is 8.38. The Hall–Kier alpha value is -1.92. The highest BCUT2D eigenvalue weighted by molar-refractivity contribution is 6.05. The molecule has 0 aromatic heterocycles. The van der Waals surface area contributed by atoms with Gasteiger partial charge in [-0.25, -0.2) is 0 Å². The lowest BCUT2D eigenvalue weighted by atomic mass is 9.81. The summed E-state index contributed by atoms with van der Waals surface area (Å²) in [5.41, 5.74) is 0. The summed E-state index contributed by atoms with van der Waals surface area (Å²) in [5.74, 6) is -1.23. The summed E-state index contributed by atoms with van der Waals surface area (Å²) in [5, 5.41) is 5.20. The monoisotopic (exact) mass is 323 g/mol. The smallest absolute Gasteiger partial charge is 0.242 e. The van der Waals surface area contributed by atoms with Crippen molar-refractivity contribution in [2.45, 2.75) is 52.0 Å². The van der Waals surface area contributed by atoms with E-state index in [0.717, 1.165) is 25.7 Å². The summed E-state index contributed by atoms with van der Waals surface area (Å²) in [4.78, 5) is 49.3. The third-order valence-corrected chi connectivity index (χ3v) is 4.62. The Morgan fingerprint density at radius 1 is 1.17 bits per heavy atom. The Morgan fingerprint density at radius 2 is 1.74 bits per heavy atom. The highest BCUT2D eigenvalue weighted by atomic mass is 16.2. The van der Waals surface area contributed by atoms with Gasteiger partial charge in [0.25, 0.3) is 0 Å². The van der Waals surface area contributed by atoms with Crippen LogP contribution >= 0.6 is 0 Å². The molecule has 2 rings (SSSR count). The number of fused-ring (bicyclic) bond motifs is 1. The molecule has 3 atom stereocenters. The van der Waals surface area contributed by atoms with Crippen LogP contribution in [0.25, 0.3) is 0 Å². The topological polar surface area (TPSA) is 95.6 Å². The van der Waals surface area contributed by atoms with E-state index in [0.29, 0.717) is 6.54 Å². The van der Waals surface area contributed by atoms with Gasteiger partial charge < -0.3 is 10.6 Å². The van der Waals surface area contributed by atoms with Crippen LogP contribution in [0.4, 0.5) is 0 Å². The molecule has 1 aliphatic carbocycles. The minimum absolute atomic E-state index is 0.0284. The number of hydrogen-bond donors (Lipinski definition) is 2. The molecule has 2 N–H and O–H groups in total. The third kappa shape index (κ3) is 3.89. The van der Waals surface area contributed by atoms with E-state index in [1.54, 1.807) is 13.8 Å². The van der Waals surface area contributed by atoms with Gasteiger partial charge in [-0.1, -0.05) is 12.8 Å². The highest BCUT2D eigenvalue weighted by Gasteiger charge is 2.47. The minimum Gasteiger partial charge on any atom is -0.355 e. The number of imide groups is 1. The molecule has 1 heterocycles. The quantitative estimate of drug-likeness (QED) is 0.682. The summed E-state index contributed by atoms with van der Waals surface area (Å²) in [6.45, 7) is 4.00. The van der Waals surface area contributed by atoms with Gasteiger partial charge >= 0.3 is 0 Å². The molecule has 0 aromatic rings. The standard InChI is InChI=1S/C16H25N3O4/c1-3-17-14(21)10(2)18-13(20)8-9-19-15(22)11-6-4-5-7-12(11)16(19)23/h10-12H,3-9H2,1-2H3,(H,17,21)(H,18,20)/t10-,11+,12+/m0/s1. The summed E-state index contributed by atoms with van der Waals surface area (Å²) in [6, 6.07) is -0.630. The SMILES string of the molecule is CCNC(=O)[C@H](C)NC(=O)CCN1C(=O)[C@@H]2CCCC[C@H]2C1=O. The molecule has 2 aliphatic rings. The molecule has 2 fully saturated rings. The molecular weight excluding hydrogens is 298 g/mol. The second-order valence-electron chi connectivity index (χ2n) is 6.26. The highest BCUT2D eigenvalue weighted by Crippen LogP contribution is 2.37. The average molecular weight is 323 g/mol. The van der Waals surface area contributed by atoms with E-state index in [1.165, 1.54) is 4.90 Å². The summed E-state index contributed by atoms with van der Waals surface area (Å²) >= 11 is 0. The van der Waals surface area contributed by atoms with E-state index in [4.69, 9.17) is 0 Å². The molecule has 23 heavy (non-hydrogen) atoms. The molecule has 0 aromatic carbocycles. The van der Waals surface area contributed by atoms with Gasteiger partial charge in [0.1, 0.15) is 6.04 Å². The van der Waals surface area contributed by atoms with Gasteiger partial charge in [-0.2, -0.15) is 0 Å². The van der Waals surface area contributed by atoms with Crippen LogP contribution in [0, 0.1) is 11.8 Å². The van der Waals surface area contributed by atoms with Gasteiger partial charge in [0, 0.05) is 19.5 Å². The second kappa shape index (κ2) is 7.57. The Kier molecular flexibility index (Phi) is 5.74. The number of carbonyl (C=O) groups excluding carboxylic acids is 4. The van der Waals surface area contributed by atoms with Crippen LogP contribution in [0.15, 0.2) is 0 Å². The van der Waals surface area contributed by atoms with Crippen molar-refractivity contribution in [1.82, 2.24) is 15.5 Å². The number of nitrogens with zero attached hydrogens (tertiary/aromatic N) is 1. The van der Waals surface area contributed by atoms with E-state index < -0.39 is 6.04 Å². The average Bonchev–Trinajstić information content (AvgIpc) is 2.77. The van der Waals surface area contributed by atoms with Crippen molar-refractivity contribution in [3.63, 3.8) is 0 Å². The lowest BCUT2D eigenvalue weighted by Gasteiger charge is -2.19. The molecule has 0 bridgehead atoms. The van der Waals surface area contributed by atoms with Crippen LogP contribution in [-0.4, -0.2) is 47.7 Å². The van der Waals surface area contributed by atoms with Gasteiger partial charge in [0.15, 0.2) is 0 Å². The fraction of sp³-hybridized carbons (Fsp3) is 0.750. The third-order valence-electron chi connectivity index (χ3n) is 4.62. The summed E-state index contributed by atoms with van der Waals surface area (Å²) < 4.78 is 0. The zero-order valence-electron chi connectivity index (χ0n) is 13.8. The molecule has 128 valence electrons. The molecule has 1 saturated carbocycles. The fourth-order valence-electron chi connectivity index (χ4n) is 3.37. The number of likely N-dealkylation sites (tertiary alicyclic amines) is 1. The molecule has 0 radical (unpaired) electrons. The van der Waals surface area contributed by atoms with Crippen molar-refractivity contribution in [1.29, 1.82) is 0 Å². The van der Waals surface area contributed by atoms with E-state index >= 15 is 0 Å². The molecule has 7 heteroatoms. The first-order chi connectivity index (χ1) is 11.0. The molecule has 1 aliphatic heterocycles. The lowest BCUT2D eigenvalue weighted by Crippen LogP contribution is -2.45.